The third-order valence-electron chi connectivity index (χ3n) is 5.58. The molecule has 2 atom stereocenters. The van der Waals surface area contributed by atoms with Crippen molar-refractivity contribution in [1.29, 1.82) is 0 Å². The van der Waals surface area contributed by atoms with E-state index in [0.717, 1.165) is 12.8 Å². The van der Waals surface area contributed by atoms with Gasteiger partial charge in [0.1, 0.15) is 5.30 Å². The molecular weight excluding hydrogens is 311 g/mol. The molecule has 1 aromatic carbocycles. The highest BCUT2D eigenvalue weighted by molar-refractivity contribution is 7.79. The highest BCUT2D eigenvalue weighted by Crippen LogP contribution is 2.65. The van der Waals surface area contributed by atoms with Crippen LogP contribution in [0.3, 0.4) is 0 Å². The Labute approximate surface area is 151 Å². The van der Waals surface area contributed by atoms with Crippen LogP contribution in [0.15, 0.2) is 18.2 Å². The highest BCUT2D eigenvalue weighted by Gasteiger charge is 2.50. The second kappa shape index (κ2) is 7.46. The molecule has 1 rings (SSSR count). The van der Waals surface area contributed by atoms with Crippen LogP contribution in [0.2, 0.25) is 0 Å². The maximum Gasteiger partial charge on any atom is 0.179 e. The molecule has 0 saturated heterocycles. The van der Waals surface area contributed by atoms with Gasteiger partial charge in [0.25, 0.3) is 0 Å². The van der Waals surface area contributed by atoms with Crippen LogP contribution in [0.1, 0.15) is 93.2 Å². The summed E-state index contributed by atoms with van der Waals surface area (Å²) in [4.78, 5) is 12.0. The number of benzene rings is 1. The van der Waals surface area contributed by atoms with Gasteiger partial charge in [-0.1, -0.05) is 67.5 Å². The molecule has 0 aliphatic heterocycles. The van der Waals surface area contributed by atoms with Gasteiger partial charge in [-0.15, -0.1) is 0 Å². The summed E-state index contributed by atoms with van der Waals surface area (Å²) in [5.41, 5.74) is 3.54. The number of hydrogen-bond acceptors (Lipinski definition) is 1. The predicted molar refractivity (Wildman–Crippen MR) is 112 cm³/mol. The molecule has 0 fully saturated rings. The SMILES string of the molecule is CCC(C)[P+](O)(c1ccc(C(C)(C)C)cc1C(C)(C)C)C(C)CC. The second-order valence-corrected chi connectivity index (χ2v) is 13.2. The average Bonchev–Trinajstić information content (AvgIpc) is 2.50. The molecule has 0 aromatic heterocycles. The van der Waals surface area contributed by atoms with Crippen molar-refractivity contribution in [2.75, 3.05) is 0 Å². The quantitative estimate of drug-likeness (QED) is 0.606. The molecule has 0 saturated carbocycles. The Bertz CT molecular complexity index is 538. The van der Waals surface area contributed by atoms with Crippen LogP contribution < -0.4 is 5.30 Å². The first-order valence-corrected chi connectivity index (χ1v) is 11.4. The average molecular weight is 352 g/mol. The first-order chi connectivity index (χ1) is 10.8. The molecule has 0 aliphatic carbocycles. The van der Waals surface area contributed by atoms with Crippen LogP contribution in [0.5, 0.6) is 0 Å². The van der Waals surface area contributed by atoms with Crippen molar-refractivity contribution in [3.63, 3.8) is 0 Å². The Kier molecular flexibility index (Phi) is 6.73. The molecule has 2 unspecified atom stereocenters. The van der Waals surface area contributed by atoms with Gasteiger partial charge in [0.15, 0.2) is 7.49 Å². The van der Waals surface area contributed by atoms with Gasteiger partial charge in [0, 0.05) is 5.56 Å². The van der Waals surface area contributed by atoms with Crippen LogP contribution in [-0.4, -0.2) is 16.2 Å². The molecule has 2 heteroatoms. The Morgan fingerprint density at radius 2 is 1.33 bits per heavy atom. The van der Waals surface area contributed by atoms with Crippen molar-refractivity contribution in [1.82, 2.24) is 0 Å². The lowest BCUT2D eigenvalue weighted by Gasteiger charge is -2.35. The summed E-state index contributed by atoms with van der Waals surface area (Å²) in [6, 6.07) is 6.87. The first kappa shape index (κ1) is 21.7. The topological polar surface area (TPSA) is 20.2 Å². The Morgan fingerprint density at radius 1 is 0.875 bits per heavy atom. The summed E-state index contributed by atoms with van der Waals surface area (Å²) >= 11 is 0. The van der Waals surface area contributed by atoms with Crippen molar-refractivity contribution >= 4 is 12.8 Å². The fraction of sp³-hybridized carbons (Fsp3) is 0.727. The normalized spacial score (nSPS) is 18.1. The van der Waals surface area contributed by atoms with Gasteiger partial charge in [-0.25, -0.2) is 4.89 Å². The summed E-state index contributed by atoms with van der Waals surface area (Å²) in [5.74, 6) is 0. The van der Waals surface area contributed by atoms with Gasteiger partial charge in [-0.05, 0) is 49.1 Å². The summed E-state index contributed by atoms with van der Waals surface area (Å²) in [6.45, 7) is 22.5. The van der Waals surface area contributed by atoms with Crippen LogP contribution in [0, 0.1) is 0 Å². The van der Waals surface area contributed by atoms with E-state index in [1.807, 2.05) is 0 Å². The molecule has 0 spiro atoms. The molecule has 0 radical (unpaired) electrons. The Morgan fingerprint density at radius 3 is 1.67 bits per heavy atom. The Balaban J connectivity index is 3.72. The summed E-state index contributed by atoms with van der Waals surface area (Å²) in [6.07, 6.45) is 2.05. The zero-order valence-corrected chi connectivity index (χ0v) is 18.6. The van der Waals surface area contributed by atoms with Crippen LogP contribution in [-0.2, 0) is 10.8 Å². The van der Waals surface area contributed by atoms with Gasteiger partial charge in [0.05, 0.1) is 11.3 Å². The highest BCUT2D eigenvalue weighted by atomic mass is 31.2. The van der Waals surface area contributed by atoms with E-state index in [4.69, 9.17) is 0 Å². The van der Waals surface area contributed by atoms with Gasteiger partial charge >= 0.3 is 0 Å². The zero-order valence-electron chi connectivity index (χ0n) is 17.7. The van der Waals surface area contributed by atoms with E-state index < -0.39 is 7.49 Å². The third-order valence-corrected chi connectivity index (χ3v) is 10.2. The molecule has 0 bridgehead atoms. The maximum absolute atomic E-state index is 12.0. The monoisotopic (exact) mass is 351 g/mol. The molecule has 24 heavy (non-hydrogen) atoms. The van der Waals surface area contributed by atoms with E-state index in [0.29, 0.717) is 11.3 Å². The minimum Gasteiger partial charge on any atom is -0.246 e. The molecular formula is C22H40OP+. The van der Waals surface area contributed by atoms with E-state index in [1.54, 1.807) is 0 Å². The predicted octanol–water partition coefficient (Wildman–Crippen LogP) is 6.43. The van der Waals surface area contributed by atoms with E-state index in [2.05, 4.69) is 87.4 Å². The van der Waals surface area contributed by atoms with Crippen LogP contribution >= 0.6 is 7.49 Å². The van der Waals surface area contributed by atoms with Gasteiger partial charge < -0.3 is 0 Å². The summed E-state index contributed by atoms with van der Waals surface area (Å²) < 4.78 is 0. The van der Waals surface area contributed by atoms with Crippen molar-refractivity contribution in [2.45, 2.75) is 104 Å². The minimum absolute atomic E-state index is 0.0332. The second-order valence-electron chi connectivity index (χ2n) is 9.48. The summed E-state index contributed by atoms with van der Waals surface area (Å²) in [5, 5.41) is 1.24. The van der Waals surface area contributed by atoms with Crippen molar-refractivity contribution in [2.24, 2.45) is 0 Å². The lowest BCUT2D eigenvalue weighted by atomic mass is 9.81. The standard InChI is InChI=1S/C22H40OP/c1-11-16(3)24(23,17(4)12-2)20-14-13-18(21(5,6)7)15-19(20)22(8,9)10/h13-17,23H,11-12H2,1-10H3/q+1. The first-order valence-electron chi connectivity index (χ1n) is 9.56. The van der Waals surface area contributed by atoms with Crippen molar-refractivity contribution in [3.05, 3.63) is 29.3 Å². The van der Waals surface area contributed by atoms with E-state index in [9.17, 15) is 4.89 Å². The van der Waals surface area contributed by atoms with Gasteiger partial charge in [-0.2, -0.15) is 0 Å². The molecule has 1 nitrogen and oxygen atoms in total. The molecule has 1 N–H and O–H groups in total. The van der Waals surface area contributed by atoms with Crippen LogP contribution in [0.4, 0.5) is 0 Å². The maximum atomic E-state index is 12.0. The Hall–Kier alpha value is -0.390. The van der Waals surface area contributed by atoms with E-state index in [-0.39, 0.29) is 10.8 Å². The molecule has 0 aliphatic rings. The van der Waals surface area contributed by atoms with Gasteiger partial charge in [-0.3, -0.25) is 0 Å². The smallest absolute Gasteiger partial charge is 0.179 e. The minimum atomic E-state index is -2.21. The number of hydrogen-bond donors (Lipinski definition) is 1. The molecule has 0 amide bonds. The van der Waals surface area contributed by atoms with Gasteiger partial charge in [0.2, 0.25) is 0 Å². The van der Waals surface area contributed by atoms with Crippen molar-refractivity contribution < 1.29 is 4.89 Å². The zero-order chi connectivity index (χ0) is 18.9. The fourth-order valence-electron chi connectivity index (χ4n) is 3.38. The molecule has 138 valence electrons. The lowest BCUT2D eigenvalue weighted by Crippen LogP contribution is -2.34. The number of rotatable bonds is 5. The van der Waals surface area contributed by atoms with Crippen molar-refractivity contribution in [3.8, 4) is 0 Å². The fourth-order valence-corrected chi connectivity index (χ4v) is 7.41. The van der Waals surface area contributed by atoms with E-state index >= 15 is 0 Å². The molecule has 1 aromatic rings. The molecule has 0 heterocycles. The largest absolute Gasteiger partial charge is 0.246 e. The van der Waals surface area contributed by atoms with Crippen LogP contribution in [0.25, 0.3) is 0 Å². The van der Waals surface area contributed by atoms with E-state index in [1.165, 1.54) is 16.4 Å². The third kappa shape index (κ3) is 4.23. The summed E-state index contributed by atoms with van der Waals surface area (Å²) in [7, 11) is -2.21. The lowest BCUT2D eigenvalue weighted by molar-refractivity contribution is 0.555.